The maximum absolute atomic E-state index is 12.7. The van der Waals surface area contributed by atoms with E-state index in [4.69, 9.17) is 21.3 Å². The van der Waals surface area contributed by atoms with Crippen LogP contribution in [0.4, 0.5) is 0 Å². The van der Waals surface area contributed by atoms with E-state index in [-0.39, 0.29) is 5.78 Å². The molecule has 0 amide bonds. The van der Waals surface area contributed by atoms with Gasteiger partial charge in [0.05, 0.1) is 29.9 Å². The third kappa shape index (κ3) is 6.36. The van der Waals surface area contributed by atoms with E-state index >= 15 is 0 Å². The molecule has 0 atom stereocenters. The smallest absolute Gasteiger partial charge is 0.213 e. The molecule has 1 aromatic carbocycles. The lowest BCUT2D eigenvalue weighted by atomic mass is 10.1. The number of ether oxygens (including phenoxy) is 1. The molecule has 1 fully saturated rings. The molecule has 0 N–H and O–H groups in total. The lowest BCUT2D eigenvalue weighted by Gasteiger charge is -2.26. The van der Waals surface area contributed by atoms with Gasteiger partial charge in [-0.2, -0.15) is 0 Å². The number of pyridine rings is 1. The van der Waals surface area contributed by atoms with Crippen LogP contribution in [0.15, 0.2) is 42.5 Å². The van der Waals surface area contributed by atoms with Gasteiger partial charge in [0.15, 0.2) is 5.78 Å². The van der Waals surface area contributed by atoms with Crippen molar-refractivity contribution in [1.82, 2.24) is 14.5 Å². The number of carbonyl (C=O) groups is 1. The van der Waals surface area contributed by atoms with Crippen molar-refractivity contribution in [2.45, 2.75) is 52.5 Å². The van der Waals surface area contributed by atoms with Gasteiger partial charge in [-0.25, -0.2) is 4.98 Å². The zero-order chi connectivity index (χ0) is 23.2. The van der Waals surface area contributed by atoms with Gasteiger partial charge in [-0.3, -0.25) is 4.79 Å². The zero-order valence-corrected chi connectivity index (χ0v) is 20.5. The first-order valence-electron chi connectivity index (χ1n) is 12.1. The molecule has 6 heteroatoms. The number of rotatable bonds is 10. The highest BCUT2D eigenvalue weighted by molar-refractivity contribution is 6.30. The summed E-state index contributed by atoms with van der Waals surface area (Å²) in [7, 11) is 0. The SMILES string of the molecule is CC(C)CC(=O)Cn1c(-c2cccc(Cl)c2)cc2nc(OCCCN3CCCCC3)ccc21. The number of hydrogen-bond acceptors (Lipinski definition) is 4. The minimum Gasteiger partial charge on any atom is -0.478 e. The Hall–Kier alpha value is -2.37. The van der Waals surface area contributed by atoms with E-state index in [2.05, 4.69) is 23.3 Å². The number of hydrogen-bond donors (Lipinski definition) is 0. The fourth-order valence-electron chi connectivity index (χ4n) is 4.60. The number of piperidine rings is 1. The van der Waals surface area contributed by atoms with Crippen LogP contribution in [-0.2, 0) is 11.3 Å². The quantitative estimate of drug-likeness (QED) is 0.332. The van der Waals surface area contributed by atoms with Crippen molar-refractivity contribution in [3.05, 3.63) is 47.5 Å². The van der Waals surface area contributed by atoms with E-state index in [1.165, 1.54) is 32.4 Å². The van der Waals surface area contributed by atoms with Gasteiger partial charge < -0.3 is 14.2 Å². The molecule has 1 aliphatic rings. The number of aromatic nitrogens is 2. The third-order valence-corrected chi connectivity index (χ3v) is 6.38. The Kier molecular flexibility index (Phi) is 8.05. The van der Waals surface area contributed by atoms with Gasteiger partial charge in [-0.1, -0.05) is 44.0 Å². The summed E-state index contributed by atoms with van der Waals surface area (Å²) in [5.74, 6) is 1.17. The molecular weight excluding hydrogens is 434 g/mol. The number of ketones is 1. The Labute approximate surface area is 201 Å². The van der Waals surface area contributed by atoms with Crippen molar-refractivity contribution in [3.8, 4) is 17.1 Å². The van der Waals surface area contributed by atoms with Crippen LogP contribution in [0.2, 0.25) is 5.02 Å². The summed E-state index contributed by atoms with van der Waals surface area (Å²) in [5, 5.41) is 0.670. The minimum absolute atomic E-state index is 0.212. The lowest BCUT2D eigenvalue weighted by molar-refractivity contribution is -0.120. The second-order valence-corrected chi connectivity index (χ2v) is 9.86. The molecule has 0 unspecified atom stereocenters. The minimum atomic E-state index is 0.212. The average molecular weight is 468 g/mol. The second-order valence-electron chi connectivity index (χ2n) is 9.42. The Bertz CT molecular complexity index is 1090. The molecule has 176 valence electrons. The highest BCUT2D eigenvalue weighted by Gasteiger charge is 2.16. The molecule has 5 nitrogen and oxygen atoms in total. The molecule has 0 saturated carbocycles. The largest absolute Gasteiger partial charge is 0.478 e. The zero-order valence-electron chi connectivity index (χ0n) is 19.7. The number of fused-ring (bicyclic) bond motifs is 1. The molecule has 0 aliphatic carbocycles. The first-order chi connectivity index (χ1) is 16.0. The molecule has 33 heavy (non-hydrogen) atoms. The van der Waals surface area contributed by atoms with E-state index in [0.29, 0.717) is 36.4 Å². The molecule has 3 heterocycles. The molecule has 4 rings (SSSR count). The van der Waals surface area contributed by atoms with Crippen LogP contribution in [-0.4, -0.2) is 46.5 Å². The van der Waals surface area contributed by atoms with E-state index in [0.717, 1.165) is 35.3 Å². The maximum atomic E-state index is 12.7. The van der Waals surface area contributed by atoms with Gasteiger partial charge in [0, 0.05) is 24.1 Å². The van der Waals surface area contributed by atoms with Crippen LogP contribution >= 0.6 is 11.6 Å². The molecule has 0 radical (unpaired) electrons. The Balaban J connectivity index is 1.52. The standard InChI is InChI=1S/C27H34ClN3O2/c1-20(2)16-23(32)19-31-25-10-11-27(33-15-7-14-30-12-4-3-5-13-30)29-24(25)18-26(31)21-8-6-9-22(28)17-21/h6,8-11,17-18,20H,3-5,7,12-16,19H2,1-2H3. The predicted molar refractivity (Wildman–Crippen MR) is 135 cm³/mol. The number of nitrogens with zero attached hydrogens (tertiary/aromatic N) is 3. The van der Waals surface area contributed by atoms with E-state index < -0.39 is 0 Å². The highest BCUT2D eigenvalue weighted by Crippen LogP contribution is 2.30. The van der Waals surface area contributed by atoms with Gasteiger partial charge in [-0.15, -0.1) is 0 Å². The fraction of sp³-hybridized carbons (Fsp3) is 0.481. The lowest BCUT2D eigenvalue weighted by Crippen LogP contribution is -2.31. The van der Waals surface area contributed by atoms with Crippen LogP contribution in [0, 0.1) is 5.92 Å². The van der Waals surface area contributed by atoms with Crippen molar-refractivity contribution in [2.75, 3.05) is 26.2 Å². The summed E-state index contributed by atoms with van der Waals surface area (Å²) in [6.45, 7) is 8.61. The van der Waals surface area contributed by atoms with Gasteiger partial charge >= 0.3 is 0 Å². The monoisotopic (exact) mass is 467 g/mol. The number of likely N-dealkylation sites (tertiary alicyclic amines) is 1. The van der Waals surface area contributed by atoms with Crippen LogP contribution in [0.5, 0.6) is 5.88 Å². The molecule has 1 saturated heterocycles. The van der Waals surface area contributed by atoms with E-state index in [9.17, 15) is 4.79 Å². The average Bonchev–Trinajstić information content (AvgIpc) is 3.14. The van der Waals surface area contributed by atoms with Gasteiger partial charge in [0.2, 0.25) is 5.88 Å². The van der Waals surface area contributed by atoms with Crippen LogP contribution < -0.4 is 4.74 Å². The molecule has 0 bridgehead atoms. The van der Waals surface area contributed by atoms with Crippen molar-refractivity contribution in [1.29, 1.82) is 0 Å². The summed E-state index contributed by atoms with van der Waals surface area (Å²) >= 11 is 6.26. The summed E-state index contributed by atoms with van der Waals surface area (Å²) < 4.78 is 8.03. The first-order valence-corrected chi connectivity index (χ1v) is 12.5. The number of Topliss-reactive ketones (excluding diaryl/α,β-unsaturated/α-hetero) is 1. The molecule has 1 aliphatic heterocycles. The first kappa shape index (κ1) is 23.8. The summed E-state index contributed by atoms with van der Waals surface area (Å²) in [6, 6.07) is 13.7. The van der Waals surface area contributed by atoms with Gasteiger partial charge in [0.1, 0.15) is 0 Å². The Morgan fingerprint density at radius 3 is 2.70 bits per heavy atom. The van der Waals surface area contributed by atoms with E-state index in [1.54, 1.807) is 0 Å². The van der Waals surface area contributed by atoms with Crippen molar-refractivity contribution in [2.24, 2.45) is 5.92 Å². The Morgan fingerprint density at radius 1 is 1.12 bits per heavy atom. The third-order valence-electron chi connectivity index (χ3n) is 6.14. The predicted octanol–water partition coefficient (Wildman–Crippen LogP) is 6.23. The number of halogens is 1. The Morgan fingerprint density at radius 2 is 1.94 bits per heavy atom. The fourth-order valence-corrected chi connectivity index (χ4v) is 4.79. The van der Waals surface area contributed by atoms with Crippen molar-refractivity contribution in [3.63, 3.8) is 0 Å². The van der Waals surface area contributed by atoms with Gasteiger partial charge in [-0.05, 0) is 68.1 Å². The second kappa shape index (κ2) is 11.2. The summed E-state index contributed by atoms with van der Waals surface area (Å²) in [5.41, 5.74) is 3.68. The van der Waals surface area contributed by atoms with Crippen LogP contribution in [0.1, 0.15) is 46.0 Å². The molecule has 2 aromatic heterocycles. The van der Waals surface area contributed by atoms with Crippen molar-refractivity contribution < 1.29 is 9.53 Å². The summed E-state index contributed by atoms with van der Waals surface area (Å²) in [4.78, 5) is 20.0. The number of benzene rings is 1. The van der Waals surface area contributed by atoms with Crippen LogP contribution in [0.25, 0.3) is 22.3 Å². The molecule has 0 spiro atoms. The van der Waals surface area contributed by atoms with Crippen molar-refractivity contribution >= 4 is 28.4 Å². The summed E-state index contributed by atoms with van der Waals surface area (Å²) in [6.07, 6.45) is 5.53. The van der Waals surface area contributed by atoms with Crippen LogP contribution in [0.3, 0.4) is 0 Å². The molecular formula is C27H34ClN3O2. The highest BCUT2D eigenvalue weighted by atomic mass is 35.5. The maximum Gasteiger partial charge on any atom is 0.213 e. The van der Waals surface area contributed by atoms with Gasteiger partial charge in [0.25, 0.3) is 0 Å². The normalized spacial score (nSPS) is 14.8. The van der Waals surface area contributed by atoms with E-state index in [1.807, 2.05) is 42.5 Å². The topological polar surface area (TPSA) is 47.4 Å². The molecule has 3 aromatic rings. The number of carbonyl (C=O) groups excluding carboxylic acids is 1.